The third-order valence-corrected chi connectivity index (χ3v) is 4.07. The molecule has 0 unspecified atom stereocenters. The Morgan fingerprint density at radius 2 is 1.52 bits per heavy atom. The molecule has 2 aromatic carbocycles. The van der Waals surface area contributed by atoms with E-state index in [0.717, 1.165) is 0 Å². The summed E-state index contributed by atoms with van der Waals surface area (Å²) >= 11 is 0. The Balaban J connectivity index is 2.01. The minimum absolute atomic E-state index is 0.0882. The van der Waals surface area contributed by atoms with Gasteiger partial charge in [0.15, 0.2) is 5.43 Å². The molecule has 0 fully saturated rings. The van der Waals surface area contributed by atoms with Gasteiger partial charge >= 0.3 is 18.3 Å². The van der Waals surface area contributed by atoms with Gasteiger partial charge in [-0.2, -0.15) is 26.3 Å². The highest BCUT2D eigenvalue weighted by Gasteiger charge is 2.37. The van der Waals surface area contributed by atoms with E-state index in [1.807, 2.05) is 0 Å². The molecule has 1 aromatic heterocycles. The van der Waals surface area contributed by atoms with Crippen LogP contribution in [0, 0.1) is 6.92 Å². The van der Waals surface area contributed by atoms with Gasteiger partial charge in [0, 0.05) is 22.7 Å². The first-order valence-corrected chi connectivity index (χ1v) is 8.00. The van der Waals surface area contributed by atoms with Crippen LogP contribution in [0.4, 0.5) is 26.3 Å². The average Bonchev–Trinajstić information content (AvgIpc) is 2.63. The second-order valence-electron chi connectivity index (χ2n) is 6.19. The maximum Gasteiger partial charge on any atom is 0.416 e. The van der Waals surface area contributed by atoms with Gasteiger partial charge in [-0.05, 0) is 43.3 Å². The van der Waals surface area contributed by atoms with Crippen LogP contribution in [-0.2, 0) is 12.4 Å². The summed E-state index contributed by atoms with van der Waals surface area (Å²) in [6, 6.07) is 4.29. The van der Waals surface area contributed by atoms with Crippen molar-refractivity contribution in [2.75, 3.05) is 0 Å². The van der Waals surface area contributed by atoms with Crippen LogP contribution in [0.2, 0.25) is 0 Å². The van der Waals surface area contributed by atoms with Crippen molar-refractivity contribution in [1.29, 1.82) is 0 Å². The fourth-order valence-corrected chi connectivity index (χ4v) is 2.60. The van der Waals surface area contributed by atoms with Gasteiger partial charge in [-0.25, -0.2) is 4.79 Å². The lowest BCUT2D eigenvalue weighted by Crippen LogP contribution is -2.16. The van der Waals surface area contributed by atoms with Crippen LogP contribution in [0.5, 0.6) is 5.75 Å². The number of fused-ring (bicyclic) bond motifs is 1. The molecule has 0 radical (unpaired) electrons. The number of hydrogen-bond donors (Lipinski definition) is 1. The second-order valence-corrected chi connectivity index (χ2v) is 6.19. The van der Waals surface area contributed by atoms with Crippen LogP contribution < -0.4 is 10.2 Å². The van der Waals surface area contributed by atoms with Crippen molar-refractivity contribution in [2.24, 2.45) is 0 Å². The van der Waals surface area contributed by atoms with Crippen molar-refractivity contribution >= 4 is 16.9 Å². The van der Waals surface area contributed by atoms with Crippen LogP contribution in [0.15, 0.2) is 47.4 Å². The Morgan fingerprint density at radius 1 is 0.931 bits per heavy atom. The number of esters is 1. The predicted octanol–water partition coefficient (Wildman–Crippen LogP) is 5.09. The number of aromatic amines is 1. The topological polar surface area (TPSA) is 59.2 Å². The first-order valence-electron chi connectivity index (χ1n) is 8.00. The molecule has 152 valence electrons. The van der Waals surface area contributed by atoms with Gasteiger partial charge in [0.1, 0.15) is 5.75 Å². The third-order valence-electron chi connectivity index (χ3n) is 4.07. The second kappa shape index (κ2) is 6.94. The van der Waals surface area contributed by atoms with Crippen molar-refractivity contribution < 1.29 is 35.9 Å². The Morgan fingerprint density at radius 3 is 2.07 bits per heavy atom. The molecule has 1 heterocycles. The molecular weight excluding hydrogens is 404 g/mol. The normalized spacial score (nSPS) is 12.2. The summed E-state index contributed by atoms with van der Waals surface area (Å²) in [5.41, 5.74) is -3.78. The first kappa shape index (κ1) is 20.4. The number of carbonyl (C=O) groups excluding carboxylic acids is 1. The summed E-state index contributed by atoms with van der Waals surface area (Å²) in [6.45, 7) is 1.54. The molecule has 0 bridgehead atoms. The Kier molecular flexibility index (Phi) is 4.89. The van der Waals surface area contributed by atoms with Crippen LogP contribution in [0.25, 0.3) is 10.9 Å². The van der Waals surface area contributed by atoms with Gasteiger partial charge in [0.2, 0.25) is 0 Å². The summed E-state index contributed by atoms with van der Waals surface area (Å²) in [7, 11) is 0. The third kappa shape index (κ3) is 4.25. The van der Waals surface area contributed by atoms with E-state index in [-0.39, 0.29) is 34.8 Å². The average molecular weight is 415 g/mol. The molecule has 0 aliphatic rings. The largest absolute Gasteiger partial charge is 0.423 e. The Hall–Kier alpha value is -3.30. The van der Waals surface area contributed by atoms with Gasteiger partial charge in [0.25, 0.3) is 0 Å². The number of ether oxygens (including phenoxy) is 1. The van der Waals surface area contributed by atoms with Crippen LogP contribution in [0.1, 0.15) is 27.0 Å². The lowest BCUT2D eigenvalue weighted by atomic mass is 10.0. The number of aromatic nitrogens is 1. The van der Waals surface area contributed by atoms with Crippen molar-refractivity contribution in [3.63, 3.8) is 0 Å². The molecule has 0 atom stereocenters. The smallest absolute Gasteiger partial charge is 0.416 e. The lowest BCUT2D eigenvalue weighted by molar-refractivity contribution is -0.143. The van der Waals surface area contributed by atoms with Gasteiger partial charge < -0.3 is 9.72 Å². The number of hydrogen-bond acceptors (Lipinski definition) is 3. The quantitative estimate of drug-likeness (QED) is 0.360. The predicted molar refractivity (Wildman–Crippen MR) is 90.7 cm³/mol. The number of nitrogens with one attached hydrogen (secondary N) is 1. The summed E-state index contributed by atoms with van der Waals surface area (Å²) in [5, 5.41) is 0.148. The fourth-order valence-electron chi connectivity index (χ4n) is 2.60. The molecule has 0 aliphatic carbocycles. The highest BCUT2D eigenvalue weighted by atomic mass is 19.4. The number of benzene rings is 2. The highest BCUT2D eigenvalue weighted by molar-refractivity contribution is 5.92. The zero-order valence-corrected chi connectivity index (χ0v) is 14.5. The van der Waals surface area contributed by atoms with E-state index >= 15 is 0 Å². The van der Waals surface area contributed by atoms with Gasteiger partial charge in [-0.3, -0.25) is 4.79 Å². The summed E-state index contributed by atoms with van der Waals surface area (Å²) in [6.07, 6.45) is -8.72. The molecule has 0 saturated heterocycles. The van der Waals surface area contributed by atoms with E-state index in [1.54, 1.807) is 0 Å². The van der Waals surface area contributed by atoms with Gasteiger partial charge in [-0.1, -0.05) is 0 Å². The summed E-state index contributed by atoms with van der Waals surface area (Å²) in [4.78, 5) is 27.2. The Labute approximate surface area is 158 Å². The molecule has 10 heteroatoms. The first-order chi connectivity index (χ1) is 13.4. The van der Waals surface area contributed by atoms with Crippen molar-refractivity contribution in [1.82, 2.24) is 4.98 Å². The van der Waals surface area contributed by atoms with E-state index in [4.69, 9.17) is 4.74 Å². The van der Waals surface area contributed by atoms with Gasteiger partial charge in [-0.15, -0.1) is 0 Å². The van der Waals surface area contributed by atoms with Crippen LogP contribution >= 0.6 is 0 Å². The summed E-state index contributed by atoms with van der Waals surface area (Å²) in [5.74, 6) is -1.63. The van der Waals surface area contributed by atoms with Crippen molar-refractivity contribution in [2.45, 2.75) is 19.3 Å². The SMILES string of the molecule is Cc1c[nH]c2ccc(OC(=O)c3cc(C(F)(F)F)cc(C(F)(F)F)c3)cc2c1=O. The zero-order valence-electron chi connectivity index (χ0n) is 14.5. The molecule has 3 aromatic rings. The van der Waals surface area contributed by atoms with Gasteiger partial charge in [0.05, 0.1) is 16.7 Å². The number of H-pyrrole nitrogens is 1. The molecule has 0 amide bonds. The van der Waals surface area contributed by atoms with E-state index in [2.05, 4.69) is 4.98 Å². The maximum atomic E-state index is 12.9. The number of rotatable bonds is 2. The molecular formula is C19H11F6NO3. The molecule has 1 N–H and O–H groups in total. The van der Waals surface area contributed by atoms with Crippen LogP contribution in [-0.4, -0.2) is 11.0 Å². The molecule has 0 saturated carbocycles. The number of aryl methyl sites for hydroxylation is 1. The minimum atomic E-state index is -5.09. The fraction of sp³-hybridized carbons (Fsp3) is 0.158. The van der Waals surface area contributed by atoms with Crippen molar-refractivity contribution in [3.05, 3.63) is 75.1 Å². The minimum Gasteiger partial charge on any atom is -0.423 e. The monoisotopic (exact) mass is 415 g/mol. The lowest BCUT2D eigenvalue weighted by Gasteiger charge is -2.14. The van der Waals surface area contributed by atoms with E-state index in [0.29, 0.717) is 11.1 Å². The number of pyridine rings is 1. The number of carbonyl (C=O) groups is 1. The standard InChI is InChI=1S/C19H11F6NO3/c1-9-8-26-15-3-2-13(7-14(15)16(9)27)29-17(28)10-4-11(18(20,21)22)6-12(5-10)19(23,24)25/h2-8H,1H3,(H,26,27). The molecule has 0 aliphatic heterocycles. The molecule has 3 rings (SSSR count). The Bertz CT molecular complexity index is 1130. The molecule has 29 heavy (non-hydrogen) atoms. The van der Waals surface area contributed by atoms with E-state index in [9.17, 15) is 35.9 Å². The number of alkyl halides is 6. The maximum absolute atomic E-state index is 12.9. The van der Waals surface area contributed by atoms with Crippen molar-refractivity contribution in [3.8, 4) is 5.75 Å². The van der Waals surface area contributed by atoms with E-state index < -0.39 is 35.0 Å². The highest BCUT2D eigenvalue weighted by Crippen LogP contribution is 2.36. The molecule has 4 nitrogen and oxygen atoms in total. The van der Waals surface area contributed by atoms with E-state index in [1.165, 1.54) is 31.3 Å². The summed E-state index contributed by atoms with van der Waals surface area (Å²) < 4.78 is 82.5. The molecule has 0 spiro atoms. The van der Waals surface area contributed by atoms with Crippen LogP contribution in [0.3, 0.4) is 0 Å². The zero-order chi connectivity index (χ0) is 21.6. The number of halogens is 6.